The van der Waals surface area contributed by atoms with Crippen LogP contribution in [0.1, 0.15) is 18.4 Å². The van der Waals surface area contributed by atoms with Gasteiger partial charge in [0.15, 0.2) is 0 Å². The lowest BCUT2D eigenvalue weighted by Gasteiger charge is -2.01. The average molecular weight is 177 g/mol. The van der Waals surface area contributed by atoms with E-state index in [0.29, 0.717) is 6.42 Å². The Morgan fingerprint density at radius 1 is 1.23 bits per heavy atom. The number of carbonyl (C=O) groups is 1. The van der Waals surface area contributed by atoms with E-state index in [1.807, 2.05) is 30.7 Å². The molecule has 0 aliphatic rings. The maximum absolute atomic E-state index is 10.1. The first-order chi connectivity index (χ1) is 6.36. The van der Waals surface area contributed by atoms with Crippen molar-refractivity contribution in [1.29, 1.82) is 0 Å². The van der Waals surface area contributed by atoms with E-state index in [4.69, 9.17) is 4.74 Å². The van der Waals surface area contributed by atoms with Gasteiger partial charge in [-0.25, -0.2) is 0 Å². The summed E-state index contributed by atoms with van der Waals surface area (Å²) in [6.07, 6.45) is 4.36. The quantitative estimate of drug-likeness (QED) is 0.509. The van der Waals surface area contributed by atoms with Crippen LogP contribution in [0.2, 0.25) is 0 Å². The predicted octanol–water partition coefficient (Wildman–Crippen LogP) is 2.23. The summed E-state index contributed by atoms with van der Waals surface area (Å²) in [6, 6.07) is 7.77. The second kappa shape index (κ2) is 5.36. The van der Waals surface area contributed by atoms with Gasteiger partial charge in [0, 0.05) is 6.42 Å². The zero-order valence-corrected chi connectivity index (χ0v) is 7.69. The molecule has 0 fully saturated rings. The molecule has 0 atom stereocenters. The van der Waals surface area contributed by atoms with Crippen molar-refractivity contribution in [2.24, 2.45) is 0 Å². The molecule has 0 heterocycles. The lowest BCUT2D eigenvalue weighted by Crippen LogP contribution is -1.85. The highest BCUT2D eigenvalue weighted by atomic mass is 16.5. The third kappa shape index (κ3) is 3.28. The second-order valence-electron chi connectivity index (χ2n) is 2.72. The fourth-order valence-electron chi connectivity index (χ4n) is 1.06. The highest BCUT2D eigenvalue weighted by Crippen LogP contribution is 2.13. The van der Waals surface area contributed by atoms with Crippen LogP contribution in [-0.4, -0.2) is 13.4 Å². The zero-order valence-electron chi connectivity index (χ0n) is 7.69. The normalized spacial score (nSPS) is 9.62. The van der Waals surface area contributed by atoms with Crippen molar-refractivity contribution in [3.63, 3.8) is 0 Å². The van der Waals surface area contributed by atoms with Crippen molar-refractivity contribution in [1.82, 2.24) is 0 Å². The Labute approximate surface area is 78.5 Å². The van der Waals surface area contributed by atoms with Crippen molar-refractivity contribution in [3.05, 3.63) is 36.2 Å². The zero-order chi connectivity index (χ0) is 9.52. The predicted molar refractivity (Wildman–Crippen MR) is 51.7 cm³/mol. The number of aldehydes is 1. The van der Waals surface area contributed by atoms with Crippen LogP contribution in [0, 0.1) is 6.42 Å². The minimum atomic E-state index is 0.589. The molecule has 0 N–H and O–H groups in total. The molecule has 0 saturated carbocycles. The second-order valence-corrected chi connectivity index (χ2v) is 2.72. The number of ether oxygens (including phenoxy) is 1. The topological polar surface area (TPSA) is 26.3 Å². The van der Waals surface area contributed by atoms with E-state index >= 15 is 0 Å². The lowest BCUT2D eigenvalue weighted by molar-refractivity contribution is -0.107. The number of methoxy groups -OCH3 is 1. The van der Waals surface area contributed by atoms with Gasteiger partial charge in [-0.05, 0) is 30.5 Å². The molecule has 0 bridgehead atoms. The van der Waals surface area contributed by atoms with E-state index in [0.717, 1.165) is 24.0 Å². The van der Waals surface area contributed by atoms with Crippen LogP contribution in [-0.2, 0) is 4.79 Å². The summed E-state index contributed by atoms with van der Waals surface area (Å²) in [5, 5.41) is 0. The Hall–Kier alpha value is -1.31. The van der Waals surface area contributed by atoms with Gasteiger partial charge in [-0.3, -0.25) is 0 Å². The monoisotopic (exact) mass is 177 g/mol. The molecule has 0 saturated heterocycles. The third-order valence-corrected chi connectivity index (χ3v) is 1.78. The van der Waals surface area contributed by atoms with Gasteiger partial charge in [0.2, 0.25) is 0 Å². The summed E-state index contributed by atoms with van der Waals surface area (Å²) in [5.74, 6) is 0.854. The van der Waals surface area contributed by atoms with Crippen molar-refractivity contribution in [3.8, 4) is 5.75 Å². The van der Waals surface area contributed by atoms with Gasteiger partial charge in [-0.2, -0.15) is 0 Å². The van der Waals surface area contributed by atoms with Gasteiger partial charge in [0.25, 0.3) is 0 Å². The van der Waals surface area contributed by atoms with E-state index in [2.05, 4.69) is 0 Å². The Balaban J connectivity index is 2.44. The summed E-state index contributed by atoms with van der Waals surface area (Å²) < 4.78 is 5.02. The molecule has 0 aromatic heterocycles. The Morgan fingerprint density at radius 3 is 2.46 bits per heavy atom. The molecular formula is C11H13O2. The summed E-state index contributed by atoms with van der Waals surface area (Å²) in [5.41, 5.74) is 1.13. The SMILES string of the molecule is COc1ccc([CH]CCC=O)cc1. The van der Waals surface area contributed by atoms with Crippen molar-refractivity contribution >= 4 is 6.29 Å². The van der Waals surface area contributed by atoms with Gasteiger partial charge in [-0.15, -0.1) is 0 Å². The molecule has 0 aliphatic heterocycles. The largest absolute Gasteiger partial charge is 0.497 e. The van der Waals surface area contributed by atoms with Crippen molar-refractivity contribution in [2.45, 2.75) is 12.8 Å². The Morgan fingerprint density at radius 2 is 1.92 bits per heavy atom. The first-order valence-electron chi connectivity index (χ1n) is 4.27. The molecule has 69 valence electrons. The number of hydrogen-bond acceptors (Lipinski definition) is 2. The van der Waals surface area contributed by atoms with Crippen LogP contribution in [0.4, 0.5) is 0 Å². The number of hydrogen-bond donors (Lipinski definition) is 0. The van der Waals surface area contributed by atoms with Crippen molar-refractivity contribution in [2.75, 3.05) is 7.11 Å². The summed E-state index contributed by atoms with van der Waals surface area (Å²) in [7, 11) is 1.64. The molecule has 0 spiro atoms. The average Bonchev–Trinajstić information content (AvgIpc) is 2.19. The molecular weight excluding hydrogens is 164 g/mol. The number of benzene rings is 1. The lowest BCUT2D eigenvalue weighted by atomic mass is 10.1. The van der Waals surface area contributed by atoms with Crippen LogP contribution < -0.4 is 4.74 Å². The maximum atomic E-state index is 10.1. The molecule has 2 heteroatoms. The summed E-state index contributed by atoms with van der Waals surface area (Å²) in [4.78, 5) is 10.1. The van der Waals surface area contributed by atoms with E-state index in [1.54, 1.807) is 7.11 Å². The van der Waals surface area contributed by atoms with Crippen LogP contribution in [0.25, 0.3) is 0 Å². The molecule has 1 radical (unpaired) electrons. The van der Waals surface area contributed by atoms with E-state index in [1.165, 1.54) is 0 Å². The maximum Gasteiger partial charge on any atom is 0.120 e. The highest BCUT2D eigenvalue weighted by molar-refractivity contribution is 5.49. The Bertz CT molecular complexity index is 251. The molecule has 13 heavy (non-hydrogen) atoms. The number of carbonyl (C=O) groups excluding carboxylic acids is 1. The van der Waals surface area contributed by atoms with Crippen LogP contribution >= 0.6 is 0 Å². The van der Waals surface area contributed by atoms with Gasteiger partial charge in [-0.1, -0.05) is 12.1 Å². The smallest absolute Gasteiger partial charge is 0.120 e. The third-order valence-electron chi connectivity index (χ3n) is 1.78. The first kappa shape index (κ1) is 9.78. The van der Waals surface area contributed by atoms with Gasteiger partial charge in [0.05, 0.1) is 7.11 Å². The summed E-state index contributed by atoms with van der Waals surface area (Å²) in [6.45, 7) is 0. The molecule has 0 aliphatic carbocycles. The van der Waals surface area contributed by atoms with Crippen LogP contribution in [0.5, 0.6) is 5.75 Å². The number of rotatable bonds is 5. The molecule has 2 nitrogen and oxygen atoms in total. The van der Waals surface area contributed by atoms with Gasteiger partial charge < -0.3 is 9.53 Å². The fourth-order valence-corrected chi connectivity index (χ4v) is 1.06. The Kier molecular flexibility index (Phi) is 4.03. The van der Waals surface area contributed by atoms with Crippen LogP contribution in [0.3, 0.4) is 0 Å². The fraction of sp³-hybridized carbons (Fsp3) is 0.273. The minimum Gasteiger partial charge on any atom is -0.497 e. The van der Waals surface area contributed by atoms with E-state index < -0.39 is 0 Å². The molecule has 1 rings (SSSR count). The molecule has 1 aromatic carbocycles. The molecule has 0 amide bonds. The van der Waals surface area contributed by atoms with Gasteiger partial charge >= 0.3 is 0 Å². The standard InChI is InChI=1S/C11H13O2/c1-13-11-7-5-10(6-8-11)4-2-3-9-12/h4-9H,2-3H2,1H3. The van der Waals surface area contributed by atoms with E-state index in [-0.39, 0.29) is 0 Å². The van der Waals surface area contributed by atoms with Gasteiger partial charge in [0.1, 0.15) is 12.0 Å². The summed E-state index contributed by atoms with van der Waals surface area (Å²) >= 11 is 0. The highest BCUT2D eigenvalue weighted by Gasteiger charge is 1.94. The van der Waals surface area contributed by atoms with Crippen LogP contribution in [0.15, 0.2) is 24.3 Å². The number of unbranched alkanes of at least 4 members (excludes halogenated alkanes) is 1. The molecule has 0 unspecified atom stereocenters. The molecule has 1 aromatic rings. The minimum absolute atomic E-state index is 0.589. The van der Waals surface area contributed by atoms with Crippen molar-refractivity contribution < 1.29 is 9.53 Å². The van der Waals surface area contributed by atoms with E-state index in [9.17, 15) is 4.79 Å². The first-order valence-corrected chi connectivity index (χ1v) is 4.27.